The topological polar surface area (TPSA) is 94.8 Å². The van der Waals surface area contributed by atoms with Crippen molar-refractivity contribution in [1.29, 1.82) is 0 Å². The van der Waals surface area contributed by atoms with Crippen LogP contribution in [0.15, 0.2) is 51.7 Å². The second-order valence-corrected chi connectivity index (χ2v) is 9.18. The Labute approximate surface area is 210 Å². The average molecular weight is 492 g/mol. The third kappa shape index (κ3) is 6.53. The molecule has 7 nitrogen and oxygen atoms in total. The van der Waals surface area contributed by atoms with Crippen LogP contribution in [-0.2, 0) is 35.4 Å². The first-order valence-electron chi connectivity index (χ1n) is 12.8. The molecule has 0 fully saturated rings. The normalized spacial score (nSPS) is 12.4. The first-order chi connectivity index (χ1) is 17.5. The summed E-state index contributed by atoms with van der Waals surface area (Å²) in [6.45, 7) is 2.42. The van der Waals surface area contributed by atoms with Crippen LogP contribution in [-0.4, -0.2) is 18.6 Å². The maximum absolute atomic E-state index is 12.6. The molecule has 0 saturated heterocycles. The third-order valence-corrected chi connectivity index (χ3v) is 6.49. The summed E-state index contributed by atoms with van der Waals surface area (Å²) in [5.74, 6) is -0.0622. The van der Waals surface area contributed by atoms with Crippen molar-refractivity contribution >= 4 is 23.0 Å². The highest BCUT2D eigenvalue weighted by Gasteiger charge is 2.22. The lowest BCUT2D eigenvalue weighted by molar-refractivity contribution is -0.134. The largest absolute Gasteiger partial charge is 0.445 e. The van der Waals surface area contributed by atoms with E-state index >= 15 is 0 Å². The van der Waals surface area contributed by atoms with Gasteiger partial charge in [0.25, 0.3) is 0 Å². The molecule has 2 aromatic carbocycles. The van der Waals surface area contributed by atoms with Crippen LogP contribution in [0.5, 0.6) is 5.75 Å². The molecule has 1 aliphatic carbocycles. The van der Waals surface area contributed by atoms with E-state index in [4.69, 9.17) is 13.9 Å². The highest BCUT2D eigenvalue weighted by molar-refractivity contribution is 5.85. The number of unbranched alkanes of at least 4 members (excludes halogenated alkanes) is 3. The van der Waals surface area contributed by atoms with Gasteiger partial charge in [0.1, 0.15) is 17.9 Å². The molecule has 1 heterocycles. The zero-order valence-corrected chi connectivity index (χ0v) is 20.8. The average Bonchev–Trinajstić information content (AvgIpc) is 3.38. The number of carbonyl (C=O) groups is 2. The van der Waals surface area contributed by atoms with Crippen molar-refractivity contribution in [3.63, 3.8) is 0 Å². The van der Waals surface area contributed by atoms with Crippen molar-refractivity contribution < 1.29 is 23.5 Å². The maximum atomic E-state index is 12.6. The minimum absolute atomic E-state index is 0.0120. The smallest absolute Gasteiger partial charge is 0.407 e. The Morgan fingerprint density at radius 1 is 1.03 bits per heavy atom. The molecular weight excluding hydrogens is 458 g/mol. The number of benzene rings is 2. The Hall–Kier alpha value is -3.61. The minimum atomic E-state index is -0.593. The van der Waals surface area contributed by atoms with Crippen molar-refractivity contribution in [1.82, 2.24) is 5.32 Å². The predicted octanol–water partition coefficient (Wildman–Crippen LogP) is 5.63. The highest BCUT2D eigenvalue weighted by atomic mass is 16.5. The van der Waals surface area contributed by atoms with Gasteiger partial charge in [-0.15, -0.1) is 0 Å². The molecule has 0 radical (unpaired) electrons. The molecule has 36 heavy (non-hydrogen) atoms. The number of esters is 1. The van der Waals surface area contributed by atoms with Crippen molar-refractivity contribution in [3.05, 3.63) is 75.1 Å². The van der Waals surface area contributed by atoms with Gasteiger partial charge in [-0.2, -0.15) is 0 Å². The van der Waals surface area contributed by atoms with Gasteiger partial charge in [-0.25, -0.2) is 9.59 Å². The van der Waals surface area contributed by atoms with E-state index in [9.17, 15) is 14.4 Å². The highest BCUT2D eigenvalue weighted by Crippen LogP contribution is 2.33. The number of amides is 1. The molecule has 4 rings (SSSR count). The van der Waals surface area contributed by atoms with Crippen LogP contribution >= 0.6 is 0 Å². The summed E-state index contributed by atoms with van der Waals surface area (Å²) >= 11 is 0. The Kier molecular flexibility index (Phi) is 8.76. The van der Waals surface area contributed by atoms with Crippen molar-refractivity contribution in [2.45, 2.75) is 71.3 Å². The van der Waals surface area contributed by atoms with Crippen LogP contribution in [0.4, 0.5) is 4.79 Å². The quantitative estimate of drug-likeness (QED) is 0.162. The molecule has 0 spiro atoms. The van der Waals surface area contributed by atoms with E-state index in [2.05, 4.69) is 12.2 Å². The molecule has 7 heteroatoms. The monoisotopic (exact) mass is 491 g/mol. The molecule has 1 aliphatic rings. The van der Waals surface area contributed by atoms with E-state index < -0.39 is 12.1 Å². The number of fused-ring (bicyclic) bond motifs is 3. The Balaban J connectivity index is 1.39. The number of carbonyl (C=O) groups excluding carboxylic acids is 2. The molecular formula is C29H33NO6. The third-order valence-electron chi connectivity index (χ3n) is 6.49. The van der Waals surface area contributed by atoms with Gasteiger partial charge in [0.2, 0.25) is 0 Å². The van der Waals surface area contributed by atoms with Gasteiger partial charge in [-0.1, -0.05) is 56.5 Å². The van der Waals surface area contributed by atoms with Crippen LogP contribution in [0.3, 0.4) is 0 Å². The maximum Gasteiger partial charge on any atom is 0.407 e. The van der Waals surface area contributed by atoms with Gasteiger partial charge in [0.05, 0.1) is 6.42 Å². The van der Waals surface area contributed by atoms with Crippen LogP contribution in [0.25, 0.3) is 11.0 Å². The molecule has 1 amide bonds. The Morgan fingerprint density at radius 2 is 1.83 bits per heavy atom. The zero-order valence-electron chi connectivity index (χ0n) is 20.8. The van der Waals surface area contributed by atoms with E-state index in [1.165, 1.54) is 0 Å². The number of hydrogen-bond acceptors (Lipinski definition) is 6. The zero-order chi connectivity index (χ0) is 25.3. The van der Waals surface area contributed by atoms with Crippen LogP contribution in [0, 0.1) is 0 Å². The SMILES string of the molecule is CCCCCCc1cc2c3c(c(=O)oc2cc1OC(=O)CCNC(=O)OCc1ccccc1)CCC3. The lowest BCUT2D eigenvalue weighted by Crippen LogP contribution is -2.27. The summed E-state index contributed by atoms with van der Waals surface area (Å²) < 4.78 is 16.4. The molecule has 0 aliphatic heterocycles. The molecule has 190 valence electrons. The van der Waals surface area contributed by atoms with Gasteiger partial charge in [-0.05, 0) is 54.9 Å². The standard InChI is InChI=1S/C29H33NO6/c1-2-3-4-8-12-21-17-24-22-13-9-14-23(22)28(32)36-26(24)18-25(21)35-27(31)15-16-30-29(33)34-19-20-10-6-5-7-11-20/h5-7,10-11,17-18H,2-4,8-9,12-16,19H2,1H3,(H,30,33). The van der Waals surface area contributed by atoms with Gasteiger partial charge >= 0.3 is 17.7 Å². The number of hydrogen-bond donors (Lipinski definition) is 1. The first kappa shape index (κ1) is 25.5. The van der Waals surface area contributed by atoms with E-state index in [1.807, 2.05) is 36.4 Å². The van der Waals surface area contributed by atoms with E-state index in [1.54, 1.807) is 6.07 Å². The van der Waals surface area contributed by atoms with Crippen LogP contribution < -0.4 is 15.7 Å². The Bertz CT molecular complexity index is 1260. The van der Waals surface area contributed by atoms with Crippen LogP contribution in [0.2, 0.25) is 0 Å². The number of nitrogens with one attached hydrogen (secondary N) is 1. The minimum Gasteiger partial charge on any atom is -0.445 e. The van der Waals surface area contributed by atoms with Crippen molar-refractivity contribution in [2.24, 2.45) is 0 Å². The van der Waals surface area contributed by atoms with Gasteiger partial charge < -0.3 is 19.2 Å². The molecule has 1 N–H and O–H groups in total. The van der Waals surface area contributed by atoms with E-state index in [0.29, 0.717) is 11.3 Å². The van der Waals surface area contributed by atoms with Gasteiger partial charge in [0.15, 0.2) is 0 Å². The molecule has 0 saturated carbocycles. The fourth-order valence-corrected chi connectivity index (χ4v) is 4.60. The van der Waals surface area contributed by atoms with Gasteiger partial charge in [-0.3, -0.25) is 4.79 Å². The first-order valence-corrected chi connectivity index (χ1v) is 12.8. The van der Waals surface area contributed by atoms with E-state index in [0.717, 1.165) is 79.0 Å². The second-order valence-electron chi connectivity index (χ2n) is 9.18. The number of aryl methyl sites for hydroxylation is 2. The molecule has 0 unspecified atom stereocenters. The predicted molar refractivity (Wildman–Crippen MR) is 137 cm³/mol. The molecule has 1 aromatic heterocycles. The van der Waals surface area contributed by atoms with E-state index in [-0.39, 0.29) is 25.2 Å². The summed E-state index contributed by atoms with van der Waals surface area (Å²) in [4.78, 5) is 36.9. The van der Waals surface area contributed by atoms with Gasteiger partial charge in [0, 0.05) is 23.6 Å². The summed E-state index contributed by atoms with van der Waals surface area (Å²) in [6.07, 6.45) is 7.09. The number of ether oxygens (including phenoxy) is 2. The summed E-state index contributed by atoms with van der Waals surface area (Å²) in [6, 6.07) is 13.1. The summed E-state index contributed by atoms with van der Waals surface area (Å²) in [5, 5.41) is 3.52. The molecule has 0 bridgehead atoms. The number of rotatable bonds is 11. The molecule has 0 atom stereocenters. The summed E-state index contributed by atoms with van der Waals surface area (Å²) in [7, 11) is 0. The van der Waals surface area contributed by atoms with Crippen molar-refractivity contribution in [2.75, 3.05) is 6.54 Å². The second kappa shape index (κ2) is 12.4. The number of alkyl carbamates (subject to hydrolysis) is 1. The lowest BCUT2D eigenvalue weighted by Gasteiger charge is -2.13. The van der Waals surface area contributed by atoms with Crippen molar-refractivity contribution in [3.8, 4) is 5.75 Å². The fraction of sp³-hybridized carbons (Fsp3) is 0.414. The summed E-state index contributed by atoms with van der Waals surface area (Å²) in [5.41, 5.74) is 3.79. The lowest BCUT2D eigenvalue weighted by atomic mass is 10.00. The van der Waals surface area contributed by atoms with Crippen LogP contribution in [0.1, 0.15) is 67.7 Å². The Morgan fingerprint density at radius 3 is 2.64 bits per heavy atom. The molecule has 3 aromatic rings. The fourth-order valence-electron chi connectivity index (χ4n) is 4.60.